The molecule has 2 atom stereocenters. The number of thiol groups is 1. The van der Waals surface area contributed by atoms with Crippen molar-refractivity contribution in [3.8, 4) is 0 Å². The smallest absolute Gasteiger partial charge is 0.249 e. The van der Waals surface area contributed by atoms with Crippen molar-refractivity contribution >= 4 is 18.5 Å². The summed E-state index contributed by atoms with van der Waals surface area (Å²) in [5.41, 5.74) is 5.34. The van der Waals surface area contributed by atoms with Gasteiger partial charge in [0.1, 0.15) is 11.3 Å². The van der Waals surface area contributed by atoms with Gasteiger partial charge < -0.3 is 20.7 Å². The third-order valence-electron chi connectivity index (χ3n) is 2.08. The molecule has 3 N–H and O–H groups in total. The fourth-order valence-corrected chi connectivity index (χ4v) is 1.78. The van der Waals surface area contributed by atoms with Crippen LogP contribution in [0.15, 0.2) is 11.9 Å². The number of ether oxygens (including phenoxy) is 1. The Balaban J connectivity index is 2.60. The number of nitrogens with zero attached hydrogens (tertiary/aromatic N) is 1. The zero-order chi connectivity index (χ0) is 11.4. The fourth-order valence-electron chi connectivity index (χ4n) is 1.42. The van der Waals surface area contributed by atoms with Gasteiger partial charge in [0, 0.05) is 19.2 Å². The van der Waals surface area contributed by atoms with E-state index in [2.05, 4.69) is 17.9 Å². The van der Waals surface area contributed by atoms with Crippen molar-refractivity contribution in [2.24, 2.45) is 5.73 Å². The molecular formula is C9H17N3O2S. The van der Waals surface area contributed by atoms with E-state index in [-0.39, 0.29) is 17.5 Å². The van der Waals surface area contributed by atoms with Crippen LogP contribution in [0.2, 0.25) is 0 Å². The van der Waals surface area contributed by atoms with Gasteiger partial charge in [-0.25, -0.2) is 0 Å². The molecule has 1 rings (SSSR count). The molecule has 0 aromatic carbocycles. The summed E-state index contributed by atoms with van der Waals surface area (Å²) in [4.78, 5) is 12.8. The molecule has 0 aromatic heterocycles. The van der Waals surface area contributed by atoms with Crippen LogP contribution in [-0.2, 0) is 9.53 Å². The van der Waals surface area contributed by atoms with Gasteiger partial charge in [0.25, 0.3) is 0 Å². The predicted molar refractivity (Wildman–Crippen MR) is 61.0 cm³/mol. The summed E-state index contributed by atoms with van der Waals surface area (Å²) in [7, 11) is 0. The van der Waals surface area contributed by atoms with Crippen LogP contribution in [0.3, 0.4) is 0 Å². The first kappa shape index (κ1) is 12.2. The Hall–Kier alpha value is -0.880. The van der Waals surface area contributed by atoms with Crippen LogP contribution in [0.4, 0.5) is 0 Å². The minimum Gasteiger partial charge on any atom is -0.385 e. The van der Waals surface area contributed by atoms with Gasteiger partial charge in [-0.3, -0.25) is 4.79 Å². The molecular weight excluding hydrogens is 214 g/mol. The molecule has 0 spiro atoms. The number of carbonyl (C=O) groups excluding carboxylic acids is 1. The Labute approximate surface area is 95.0 Å². The van der Waals surface area contributed by atoms with E-state index in [0.29, 0.717) is 19.0 Å². The Kier molecular flexibility index (Phi) is 4.28. The lowest BCUT2D eigenvalue weighted by Crippen LogP contribution is -2.51. The van der Waals surface area contributed by atoms with E-state index in [1.165, 1.54) is 6.08 Å². The van der Waals surface area contributed by atoms with Crippen LogP contribution in [0.25, 0.3) is 0 Å². The molecule has 86 valence electrons. The summed E-state index contributed by atoms with van der Waals surface area (Å²) < 4.78 is 5.40. The second-order valence-corrected chi connectivity index (χ2v) is 3.86. The van der Waals surface area contributed by atoms with Crippen molar-refractivity contribution < 1.29 is 9.53 Å². The van der Waals surface area contributed by atoms with Crippen LogP contribution in [0.1, 0.15) is 13.8 Å². The van der Waals surface area contributed by atoms with E-state index in [1.54, 1.807) is 4.90 Å². The Morgan fingerprint density at radius 1 is 1.80 bits per heavy atom. The molecule has 1 aliphatic rings. The normalized spacial score (nSPS) is 23.4. The van der Waals surface area contributed by atoms with E-state index in [9.17, 15) is 4.79 Å². The predicted octanol–water partition coefficient (Wildman–Crippen LogP) is -0.143. The van der Waals surface area contributed by atoms with Crippen LogP contribution < -0.4 is 11.1 Å². The second-order valence-electron chi connectivity index (χ2n) is 3.37. The monoisotopic (exact) mass is 231 g/mol. The third-order valence-corrected chi connectivity index (χ3v) is 2.49. The minimum absolute atomic E-state index is 0.0478. The lowest BCUT2D eigenvalue weighted by atomic mass is 10.3. The Bertz CT molecular complexity index is 270. The van der Waals surface area contributed by atoms with Gasteiger partial charge >= 0.3 is 0 Å². The summed E-state index contributed by atoms with van der Waals surface area (Å²) in [6.07, 6.45) is 1.40. The minimum atomic E-state index is -0.384. The standard InChI is InChI=1S/C9H17N3O2S/c1-3-14-6(2)5-12-7(10)4-8(13)11-9(12)15/h4,6,9,15H,3,5,10H2,1-2H3,(H,11,13). The molecule has 1 heterocycles. The Morgan fingerprint density at radius 3 is 3.00 bits per heavy atom. The van der Waals surface area contributed by atoms with Crippen LogP contribution in [0.5, 0.6) is 0 Å². The van der Waals surface area contributed by atoms with E-state index in [1.807, 2.05) is 13.8 Å². The number of nitrogens with one attached hydrogen (secondary N) is 1. The van der Waals surface area contributed by atoms with Gasteiger partial charge in [-0.05, 0) is 13.8 Å². The number of amides is 1. The van der Waals surface area contributed by atoms with Crippen LogP contribution >= 0.6 is 12.6 Å². The van der Waals surface area contributed by atoms with E-state index in [0.717, 1.165) is 0 Å². The van der Waals surface area contributed by atoms with Gasteiger partial charge in [-0.15, -0.1) is 12.6 Å². The van der Waals surface area contributed by atoms with Crippen molar-refractivity contribution in [1.29, 1.82) is 0 Å². The zero-order valence-electron chi connectivity index (χ0n) is 8.93. The molecule has 0 radical (unpaired) electrons. The van der Waals surface area contributed by atoms with Crippen molar-refractivity contribution in [3.05, 3.63) is 11.9 Å². The fraction of sp³-hybridized carbons (Fsp3) is 0.667. The number of nitrogens with two attached hydrogens (primary N) is 1. The quantitative estimate of drug-likeness (QED) is 0.589. The van der Waals surface area contributed by atoms with Crippen molar-refractivity contribution in [2.45, 2.75) is 25.4 Å². The lowest BCUT2D eigenvalue weighted by Gasteiger charge is -2.35. The summed E-state index contributed by atoms with van der Waals surface area (Å²) in [6, 6.07) is 0. The maximum absolute atomic E-state index is 11.1. The van der Waals surface area contributed by atoms with Crippen molar-refractivity contribution in [1.82, 2.24) is 10.2 Å². The SMILES string of the molecule is CCOC(C)CN1C(N)=CC(=O)NC1S. The van der Waals surface area contributed by atoms with Gasteiger partial charge in [0.15, 0.2) is 0 Å². The van der Waals surface area contributed by atoms with E-state index in [4.69, 9.17) is 10.5 Å². The number of hydrogen-bond donors (Lipinski definition) is 3. The zero-order valence-corrected chi connectivity index (χ0v) is 9.83. The van der Waals surface area contributed by atoms with Crippen molar-refractivity contribution in [2.75, 3.05) is 13.2 Å². The average Bonchev–Trinajstić information content (AvgIpc) is 2.11. The summed E-state index contributed by atoms with van der Waals surface area (Å²) in [5, 5.41) is 2.65. The lowest BCUT2D eigenvalue weighted by molar-refractivity contribution is -0.118. The molecule has 15 heavy (non-hydrogen) atoms. The van der Waals surface area contributed by atoms with E-state index >= 15 is 0 Å². The molecule has 0 bridgehead atoms. The van der Waals surface area contributed by atoms with Crippen molar-refractivity contribution in [3.63, 3.8) is 0 Å². The van der Waals surface area contributed by atoms with Gasteiger partial charge in [0.05, 0.1) is 6.10 Å². The first-order chi connectivity index (χ1) is 7.04. The number of rotatable bonds is 4. The molecule has 2 unspecified atom stereocenters. The highest BCUT2D eigenvalue weighted by Gasteiger charge is 2.24. The molecule has 0 saturated carbocycles. The maximum atomic E-state index is 11.1. The summed E-state index contributed by atoms with van der Waals surface area (Å²) in [5.74, 6) is 0.207. The van der Waals surface area contributed by atoms with E-state index < -0.39 is 0 Å². The maximum Gasteiger partial charge on any atom is 0.249 e. The van der Waals surface area contributed by atoms with Crippen LogP contribution in [-0.4, -0.2) is 35.6 Å². The second kappa shape index (κ2) is 5.27. The number of carbonyl (C=O) groups is 1. The molecule has 0 aromatic rings. The molecule has 1 amide bonds. The van der Waals surface area contributed by atoms with Gasteiger partial charge in [-0.1, -0.05) is 0 Å². The van der Waals surface area contributed by atoms with Crippen LogP contribution in [0, 0.1) is 0 Å². The topological polar surface area (TPSA) is 67.6 Å². The molecule has 0 fully saturated rings. The molecule has 6 heteroatoms. The first-order valence-electron chi connectivity index (χ1n) is 4.88. The molecule has 0 aliphatic carbocycles. The molecule has 5 nitrogen and oxygen atoms in total. The Morgan fingerprint density at radius 2 is 2.47 bits per heavy atom. The highest BCUT2D eigenvalue weighted by Crippen LogP contribution is 2.12. The third kappa shape index (κ3) is 3.32. The molecule has 0 saturated heterocycles. The van der Waals surface area contributed by atoms with Gasteiger partial charge in [-0.2, -0.15) is 0 Å². The summed E-state index contributed by atoms with van der Waals surface area (Å²) >= 11 is 4.24. The summed E-state index contributed by atoms with van der Waals surface area (Å²) in [6.45, 7) is 5.15. The van der Waals surface area contributed by atoms with Gasteiger partial charge in [0.2, 0.25) is 5.91 Å². The average molecular weight is 231 g/mol. The first-order valence-corrected chi connectivity index (χ1v) is 5.40. The largest absolute Gasteiger partial charge is 0.385 e. The highest BCUT2D eigenvalue weighted by atomic mass is 32.1. The number of hydrogen-bond acceptors (Lipinski definition) is 5. The molecule has 1 aliphatic heterocycles. The highest BCUT2D eigenvalue weighted by molar-refractivity contribution is 7.80.